The highest BCUT2D eigenvalue weighted by Crippen LogP contribution is 2.32. The predicted molar refractivity (Wildman–Crippen MR) is 160 cm³/mol. The van der Waals surface area contributed by atoms with Crippen LogP contribution in [0.15, 0.2) is 41.0 Å². The molecule has 5 rings (SSSR count). The minimum atomic E-state index is -0.531. The Kier molecular flexibility index (Phi) is 8.50. The molecular weight excluding hydrogens is 592 g/mol. The van der Waals surface area contributed by atoms with Crippen LogP contribution in [0.1, 0.15) is 44.0 Å². The summed E-state index contributed by atoms with van der Waals surface area (Å²) in [4.78, 5) is 37.7. The maximum absolute atomic E-state index is 12.5. The average molecular weight is 628 g/mol. The van der Waals surface area contributed by atoms with Gasteiger partial charge in [0, 0.05) is 72.0 Å². The summed E-state index contributed by atoms with van der Waals surface area (Å²) in [5.74, 6) is 0.468. The number of primary amides is 1. The summed E-state index contributed by atoms with van der Waals surface area (Å²) in [7, 11) is 0. The molecule has 2 saturated heterocycles. The number of piperidine rings is 1. The Hall–Kier alpha value is -3.64. The minimum Gasteiger partial charge on any atom is -0.488 e. The van der Waals surface area contributed by atoms with Crippen LogP contribution in [0.5, 0.6) is 5.75 Å². The van der Waals surface area contributed by atoms with Gasteiger partial charge in [0.25, 0.3) is 0 Å². The van der Waals surface area contributed by atoms with E-state index in [2.05, 4.69) is 31.1 Å². The van der Waals surface area contributed by atoms with Crippen molar-refractivity contribution >= 4 is 56.2 Å². The van der Waals surface area contributed by atoms with Crippen LogP contribution in [0.2, 0.25) is 0 Å². The summed E-state index contributed by atoms with van der Waals surface area (Å²) in [6, 6.07) is 9.25. The van der Waals surface area contributed by atoms with Gasteiger partial charge in [-0.2, -0.15) is 0 Å². The van der Waals surface area contributed by atoms with Gasteiger partial charge in [-0.3, -0.25) is 4.79 Å². The van der Waals surface area contributed by atoms with Crippen LogP contribution in [-0.2, 0) is 9.47 Å². The summed E-state index contributed by atoms with van der Waals surface area (Å²) in [6.45, 7) is 9.38. The van der Waals surface area contributed by atoms with E-state index in [1.54, 1.807) is 23.2 Å². The van der Waals surface area contributed by atoms with Crippen molar-refractivity contribution in [1.82, 2.24) is 14.9 Å². The summed E-state index contributed by atoms with van der Waals surface area (Å²) in [5, 5.41) is 4.05. The fourth-order valence-corrected chi connectivity index (χ4v) is 5.30. The van der Waals surface area contributed by atoms with E-state index >= 15 is 0 Å². The van der Waals surface area contributed by atoms with Crippen molar-refractivity contribution < 1.29 is 23.8 Å². The molecule has 3 N–H and O–H groups in total. The van der Waals surface area contributed by atoms with E-state index in [1.807, 2.05) is 39.0 Å². The average Bonchev–Trinajstić information content (AvgIpc) is 2.93. The van der Waals surface area contributed by atoms with E-state index in [4.69, 9.17) is 24.9 Å². The van der Waals surface area contributed by atoms with Gasteiger partial charge in [-0.15, -0.1) is 0 Å². The topological polar surface area (TPSA) is 132 Å². The summed E-state index contributed by atoms with van der Waals surface area (Å²) < 4.78 is 18.2. The van der Waals surface area contributed by atoms with Crippen molar-refractivity contribution in [1.29, 1.82) is 0 Å². The van der Waals surface area contributed by atoms with E-state index in [0.29, 0.717) is 67.6 Å². The van der Waals surface area contributed by atoms with Crippen molar-refractivity contribution in [3.8, 4) is 5.75 Å². The maximum Gasteiger partial charge on any atom is 0.410 e. The van der Waals surface area contributed by atoms with E-state index in [0.717, 1.165) is 28.6 Å². The number of aromatic nitrogens is 2. The molecule has 12 heteroatoms. The molecule has 0 unspecified atom stereocenters. The Morgan fingerprint density at radius 3 is 2.49 bits per heavy atom. The number of nitrogens with one attached hydrogen (secondary N) is 1. The second-order valence-corrected chi connectivity index (χ2v) is 12.1. The second-order valence-electron chi connectivity index (χ2n) is 11.2. The lowest BCUT2D eigenvalue weighted by Gasteiger charge is -2.33. The van der Waals surface area contributed by atoms with E-state index in [-0.39, 0.29) is 12.2 Å². The number of benzene rings is 2. The standard InChI is InChI=1S/C29H35BrN6O5/c1-29(2,3)41-28(38)36-6-4-23(5-7-36)40-24-15-20(30)12-19-17-32-27(34-25(19)24)33-21-13-18(26(31)37)14-22(16-21)35-8-10-39-11-9-35/h12-17,23H,4-11H2,1-3H3,(H2,31,37)(H,32,33,34). The van der Waals surface area contributed by atoms with Crippen LogP contribution in [0.3, 0.4) is 0 Å². The molecule has 2 aliphatic rings. The molecule has 2 aliphatic heterocycles. The van der Waals surface area contributed by atoms with Crippen LogP contribution >= 0.6 is 15.9 Å². The quantitative estimate of drug-likeness (QED) is 0.394. The van der Waals surface area contributed by atoms with Crippen LogP contribution < -0.4 is 20.7 Å². The molecule has 3 aromatic rings. The summed E-state index contributed by atoms with van der Waals surface area (Å²) in [5.41, 5.74) is 7.67. The van der Waals surface area contributed by atoms with Crippen LogP contribution in [-0.4, -0.2) is 78.0 Å². The monoisotopic (exact) mass is 626 g/mol. The maximum atomic E-state index is 12.5. The van der Waals surface area contributed by atoms with Gasteiger partial charge in [-0.25, -0.2) is 14.8 Å². The second kappa shape index (κ2) is 12.1. The molecule has 2 amide bonds. The number of hydrogen-bond acceptors (Lipinski definition) is 9. The third kappa shape index (κ3) is 7.36. The number of anilines is 3. The third-order valence-corrected chi connectivity index (χ3v) is 7.29. The number of carbonyl (C=O) groups is 2. The predicted octanol–water partition coefficient (Wildman–Crippen LogP) is 4.85. The zero-order valence-electron chi connectivity index (χ0n) is 23.5. The van der Waals surface area contributed by atoms with Crippen LogP contribution in [0, 0.1) is 0 Å². The van der Waals surface area contributed by atoms with Crippen molar-refractivity contribution in [3.05, 3.63) is 46.6 Å². The number of ether oxygens (including phenoxy) is 3. The molecule has 2 aromatic carbocycles. The van der Waals surface area contributed by atoms with Gasteiger partial charge < -0.3 is 35.1 Å². The molecule has 0 saturated carbocycles. The lowest BCUT2D eigenvalue weighted by Crippen LogP contribution is -2.44. The normalized spacial score (nSPS) is 16.5. The van der Waals surface area contributed by atoms with Gasteiger partial charge in [0.1, 0.15) is 23.0 Å². The minimum absolute atomic E-state index is 0.0825. The van der Waals surface area contributed by atoms with Crippen molar-refractivity contribution in [2.24, 2.45) is 5.73 Å². The van der Waals surface area contributed by atoms with Crippen LogP contribution in [0.4, 0.5) is 22.1 Å². The van der Waals surface area contributed by atoms with E-state index in [1.165, 1.54) is 0 Å². The van der Waals surface area contributed by atoms with Gasteiger partial charge in [0.15, 0.2) is 0 Å². The molecule has 2 fully saturated rings. The Bertz CT molecular complexity index is 1430. The smallest absolute Gasteiger partial charge is 0.410 e. The summed E-state index contributed by atoms with van der Waals surface area (Å²) in [6.07, 6.45) is 2.70. The first kappa shape index (κ1) is 28.9. The molecule has 1 aromatic heterocycles. The number of fused-ring (bicyclic) bond motifs is 1. The largest absolute Gasteiger partial charge is 0.488 e. The number of halogens is 1. The lowest BCUT2D eigenvalue weighted by atomic mass is 10.1. The van der Waals surface area contributed by atoms with Gasteiger partial charge in [-0.05, 0) is 51.1 Å². The number of hydrogen-bond donors (Lipinski definition) is 2. The number of carbonyl (C=O) groups excluding carboxylic acids is 2. The Labute approximate surface area is 247 Å². The van der Waals surface area contributed by atoms with Crippen molar-refractivity contribution in [2.45, 2.75) is 45.3 Å². The summed E-state index contributed by atoms with van der Waals surface area (Å²) >= 11 is 3.57. The number of morpholine rings is 1. The van der Waals surface area contributed by atoms with Crippen molar-refractivity contribution in [3.63, 3.8) is 0 Å². The molecule has 0 aliphatic carbocycles. The first-order valence-corrected chi connectivity index (χ1v) is 14.5. The Morgan fingerprint density at radius 2 is 1.80 bits per heavy atom. The molecule has 11 nitrogen and oxygen atoms in total. The lowest BCUT2D eigenvalue weighted by molar-refractivity contribution is 0.0127. The van der Waals surface area contributed by atoms with Gasteiger partial charge >= 0.3 is 6.09 Å². The fourth-order valence-electron chi connectivity index (χ4n) is 4.85. The number of rotatable bonds is 6. The first-order chi connectivity index (χ1) is 19.5. The van der Waals surface area contributed by atoms with E-state index in [9.17, 15) is 9.59 Å². The molecule has 0 radical (unpaired) electrons. The van der Waals surface area contributed by atoms with Gasteiger partial charge in [0.2, 0.25) is 11.9 Å². The first-order valence-electron chi connectivity index (χ1n) is 13.7. The highest BCUT2D eigenvalue weighted by Gasteiger charge is 2.28. The molecular formula is C29H35BrN6O5. The molecule has 3 heterocycles. The molecule has 218 valence electrons. The molecule has 0 bridgehead atoms. The molecule has 0 atom stereocenters. The van der Waals surface area contributed by atoms with Gasteiger partial charge in [0.05, 0.1) is 13.2 Å². The SMILES string of the molecule is CC(C)(C)OC(=O)N1CCC(Oc2cc(Br)cc3cnc(Nc4cc(C(N)=O)cc(N5CCOCC5)c4)nc23)CC1. The molecule has 0 spiro atoms. The number of nitrogens with zero attached hydrogens (tertiary/aromatic N) is 4. The van der Waals surface area contributed by atoms with Gasteiger partial charge in [-0.1, -0.05) is 15.9 Å². The molecule has 41 heavy (non-hydrogen) atoms. The highest BCUT2D eigenvalue weighted by molar-refractivity contribution is 9.10. The number of nitrogens with two attached hydrogens (primary N) is 1. The fraction of sp³-hybridized carbons (Fsp3) is 0.448. The number of amides is 2. The third-order valence-electron chi connectivity index (χ3n) is 6.83. The number of likely N-dealkylation sites (tertiary alicyclic amines) is 1. The zero-order chi connectivity index (χ0) is 29.1. The van der Waals surface area contributed by atoms with E-state index < -0.39 is 11.5 Å². The zero-order valence-corrected chi connectivity index (χ0v) is 25.1. The highest BCUT2D eigenvalue weighted by atomic mass is 79.9. The van der Waals surface area contributed by atoms with Crippen LogP contribution in [0.25, 0.3) is 10.9 Å². The Balaban J connectivity index is 1.34. The van der Waals surface area contributed by atoms with Crippen molar-refractivity contribution in [2.75, 3.05) is 49.6 Å². The Morgan fingerprint density at radius 1 is 1.07 bits per heavy atom.